The molecule has 1 aromatic carbocycles. The van der Waals surface area contributed by atoms with Crippen LogP contribution in [0.3, 0.4) is 0 Å². The second kappa shape index (κ2) is 6.87. The minimum atomic E-state index is -0.842. The smallest absolute Gasteiger partial charge is 0.317 e. The quantitative estimate of drug-likeness (QED) is 0.632. The molecule has 0 N–H and O–H groups in total. The maximum atomic E-state index is 12.6. The standard InChI is InChI=1S/C20H20O4/c1-3-23-20(22)19-16(18-5-4-10-24-18)11-15(12-17(19)21)14-8-6-13(2)7-9-14/h4-10,12,16,19H,3,11H2,1-2H3/t16-,19+/m1/s1. The molecule has 4 heteroatoms. The Hall–Kier alpha value is -2.62. The second-order valence-corrected chi connectivity index (χ2v) is 5.99. The van der Waals surface area contributed by atoms with Crippen molar-refractivity contribution in [3.63, 3.8) is 0 Å². The summed E-state index contributed by atoms with van der Waals surface area (Å²) in [6.45, 7) is 4.01. The predicted molar refractivity (Wildman–Crippen MR) is 90.4 cm³/mol. The summed E-state index contributed by atoms with van der Waals surface area (Å²) in [5.74, 6) is -1.25. The van der Waals surface area contributed by atoms with E-state index < -0.39 is 11.9 Å². The average Bonchev–Trinajstić information content (AvgIpc) is 3.09. The highest BCUT2D eigenvalue weighted by Crippen LogP contribution is 2.40. The Morgan fingerprint density at radius 3 is 2.62 bits per heavy atom. The van der Waals surface area contributed by atoms with Gasteiger partial charge >= 0.3 is 5.97 Å². The third kappa shape index (κ3) is 3.18. The molecule has 0 aliphatic heterocycles. The molecular formula is C20H20O4. The van der Waals surface area contributed by atoms with E-state index in [4.69, 9.17) is 9.15 Å². The third-order valence-corrected chi connectivity index (χ3v) is 4.34. The molecule has 0 radical (unpaired) electrons. The topological polar surface area (TPSA) is 56.5 Å². The third-order valence-electron chi connectivity index (χ3n) is 4.34. The zero-order chi connectivity index (χ0) is 17.1. The summed E-state index contributed by atoms with van der Waals surface area (Å²) >= 11 is 0. The Morgan fingerprint density at radius 2 is 2.00 bits per heavy atom. The molecule has 0 spiro atoms. The molecule has 0 fully saturated rings. The van der Waals surface area contributed by atoms with Gasteiger partial charge in [-0.3, -0.25) is 9.59 Å². The van der Waals surface area contributed by atoms with Gasteiger partial charge in [0.05, 0.1) is 12.9 Å². The molecule has 24 heavy (non-hydrogen) atoms. The van der Waals surface area contributed by atoms with E-state index in [1.165, 1.54) is 0 Å². The molecule has 0 saturated heterocycles. The summed E-state index contributed by atoms with van der Waals surface area (Å²) in [5.41, 5.74) is 3.07. The number of allylic oxidation sites excluding steroid dienone is 2. The van der Waals surface area contributed by atoms with Crippen LogP contribution in [0.4, 0.5) is 0 Å². The van der Waals surface area contributed by atoms with Crippen LogP contribution in [0, 0.1) is 12.8 Å². The number of furan rings is 1. The van der Waals surface area contributed by atoms with Crippen molar-refractivity contribution >= 4 is 17.3 Å². The highest BCUT2D eigenvalue weighted by Gasteiger charge is 2.41. The van der Waals surface area contributed by atoms with Crippen LogP contribution in [0.5, 0.6) is 0 Å². The maximum absolute atomic E-state index is 12.6. The minimum Gasteiger partial charge on any atom is -0.469 e. The summed E-state index contributed by atoms with van der Waals surface area (Å²) in [6, 6.07) is 11.6. The van der Waals surface area contributed by atoms with Crippen LogP contribution < -0.4 is 0 Å². The number of hydrogen-bond donors (Lipinski definition) is 0. The molecule has 124 valence electrons. The van der Waals surface area contributed by atoms with Crippen molar-refractivity contribution in [1.29, 1.82) is 0 Å². The first-order valence-electron chi connectivity index (χ1n) is 8.11. The molecule has 4 nitrogen and oxygen atoms in total. The average molecular weight is 324 g/mol. The van der Waals surface area contributed by atoms with E-state index in [0.29, 0.717) is 12.2 Å². The van der Waals surface area contributed by atoms with Gasteiger partial charge in [0.25, 0.3) is 0 Å². The van der Waals surface area contributed by atoms with E-state index in [1.54, 1.807) is 25.3 Å². The molecule has 1 aliphatic carbocycles. The lowest BCUT2D eigenvalue weighted by Crippen LogP contribution is -2.33. The molecule has 1 heterocycles. The largest absolute Gasteiger partial charge is 0.469 e. The molecular weight excluding hydrogens is 304 g/mol. The van der Waals surface area contributed by atoms with Gasteiger partial charge in [-0.2, -0.15) is 0 Å². The Bertz CT molecular complexity index is 753. The van der Waals surface area contributed by atoms with Gasteiger partial charge in [0.15, 0.2) is 5.78 Å². The van der Waals surface area contributed by atoms with Gasteiger partial charge in [0.1, 0.15) is 11.7 Å². The lowest BCUT2D eigenvalue weighted by atomic mass is 9.75. The SMILES string of the molecule is CCOC(=O)[C@@H]1C(=O)C=C(c2ccc(C)cc2)C[C@@H]1c1ccco1. The zero-order valence-electron chi connectivity index (χ0n) is 13.8. The normalized spacial score (nSPS) is 20.6. The number of esters is 1. The van der Waals surface area contributed by atoms with Crippen LogP contribution in [0.15, 0.2) is 53.2 Å². The first kappa shape index (κ1) is 16.2. The zero-order valence-corrected chi connectivity index (χ0v) is 13.8. The van der Waals surface area contributed by atoms with Gasteiger partial charge in [-0.15, -0.1) is 0 Å². The summed E-state index contributed by atoms with van der Waals surface area (Å²) in [4.78, 5) is 24.9. The fourth-order valence-corrected chi connectivity index (χ4v) is 3.12. The van der Waals surface area contributed by atoms with Crippen molar-refractivity contribution in [2.45, 2.75) is 26.2 Å². The summed E-state index contributed by atoms with van der Waals surface area (Å²) < 4.78 is 10.6. The fourth-order valence-electron chi connectivity index (χ4n) is 3.12. The second-order valence-electron chi connectivity index (χ2n) is 5.99. The summed E-state index contributed by atoms with van der Waals surface area (Å²) in [6.07, 6.45) is 3.70. The van der Waals surface area contributed by atoms with Crippen LogP contribution in [0.25, 0.3) is 5.57 Å². The van der Waals surface area contributed by atoms with Gasteiger partial charge < -0.3 is 9.15 Å². The molecule has 0 unspecified atom stereocenters. The van der Waals surface area contributed by atoms with Crippen LogP contribution in [-0.2, 0) is 14.3 Å². The maximum Gasteiger partial charge on any atom is 0.317 e. The van der Waals surface area contributed by atoms with Crippen molar-refractivity contribution in [3.05, 3.63) is 65.6 Å². The molecule has 3 rings (SSSR count). The Morgan fingerprint density at radius 1 is 1.25 bits per heavy atom. The number of carbonyl (C=O) groups is 2. The molecule has 1 aliphatic rings. The van der Waals surface area contributed by atoms with Crippen molar-refractivity contribution in [1.82, 2.24) is 0 Å². The molecule has 0 amide bonds. The van der Waals surface area contributed by atoms with E-state index in [2.05, 4.69) is 0 Å². The lowest BCUT2D eigenvalue weighted by Gasteiger charge is -2.27. The van der Waals surface area contributed by atoms with E-state index in [-0.39, 0.29) is 18.3 Å². The van der Waals surface area contributed by atoms with E-state index in [0.717, 1.165) is 16.7 Å². The van der Waals surface area contributed by atoms with Gasteiger partial charge in [-0.05, 0) is 49.6 Å². The molecule has 1 aromatic heterocycles. The Kier molecular flexibility index (Phi) is 4.65. The number of carbonyl (C=O) groups excluding carboxylic acids is 2. The first-order chi connectivity index (χ1) is 11.6. The molecule has 0 saturated carbocycles. The van der Waals surface area contributed by atoms with E-state index in [1.807, 2.05) is 37.3 Å². The predicted octanol–water partition coefficient (Wildman–Crippen LogP) is 3.91. The summed E-state index contributed by atoms with van der Waals surface area (Å²) in [7, 11) is 0. The van der Waals surface area contributed by atoms with Gasteiger partial charge in [0, 0.05) is 5.92 Å². The van der Waals surface area contributed by atoms with Crippen LogP contribution >= 0.6 is 0 Å². The number of ether oxygens (including phenoxy) is 1. The van der Waals surface area contributed by atoms with Crippen molar-refractivity contribution in [2.24, 2.45) is 5.92 Å². The summed E-state index contributed by atoms with van der Waals surface area (Å²) in [5, 5.41) is 0. The highest BCUT2D eigenvalue weighted by molar-refractivity contribution is 6.10. The number of hydrogen-bond acceptors (Lipinski definition) is 4. The first-order valence-corrected chi connectivity index (χ1v) is 8.11. The highest BCUT2D eigenvalue weighted by atomic mass is 16.5. The van der Waals surface area contributed by atoms with E-state index in [9.17, 15) is 9.59 Å². The molecule has 2 atom stereocenters. The van der Waals surface area contributed by atoms with Gasteiger partial charge in [-0.1, -0.05) is 29.8 Å². The van der Waals surface area contributed by atoms with Crippen LogP contribution in [0.2, 0.25) is 0 Å². The Balaban J connectivity index is 1.98. The minimum absolute atomic E-state index is 0.225. The fraction of sp³-hybridized carbons (Fsp3) is 0.300. The Labute approximate surface area is 141 Å². The van der Waals surface area contributed by atoms with Crippen LogP contribution in [0.1, 0.15) is 36.1 Å². The number of rotatable bonds is 4. The van der Waals surface area contributed by atoms with Gasteiger partial charge in [-0.25, -0.2) is 0 Å². The van der Waals surface area contributed by atoms with E-state index >= 15 is 0 Å². The van der Waals surface area contributed by atoms with Crippen molar-refractivity contribution in [3.8, 4) is 0 Å². The number of aryl methyl sites for hydroxylation is 1. The molecule has 0 bridgehead atoms. The number of benzene rings is 1. The lowest BCUT2D eigenvalue weighted by molar-refractivity contribution is -0.151. The van der Waals surface area contributed by atoms with Crippen molar-refractivity contribution in [2.75, 3.05) is 6.61 Å². The van der Waals surface area contributed by atoms with Gasteiger partial charge in [0.2, 0.25) is 0 Å². The monoisotopic (exact) mass is 324 g/mol. The van der Waals surface area contributed by atoms with Crippen LogP contribution in [-0.4, -0.2) is 18.4 Å². The number of ketones is 1. The molecule has 2 aromatic rings. The van der Waals surface area contributed by atoms with Crippen molar-refractivity contribution < 1.29 is 18.7 Å².